The Morgan fingerprint density at radius 1 is 1.53 bits per heavy atom. The van der Waals surface area contributed by atoms with E-state index in [1.54, 1.807) is 12.3 Å². The van der Waals surface area contributed by atoms with E-state index < -0.39 is 5.91 Å². The summed E-state index contributed by atoms with van der Waals surface area (Å²) < 4.78 is 0. The van der Waals surface area contributed by atoms with E-state index in [1.165, 1.54) is 12.8 Å². The molecule has 1 fully saturated rings. The molecular formula is C12H18N4O. The van der Waals surface area contributed by atoms with E-state index >= 15 is 0 Å². The van der Waals surface area contributed by atoms with Crippen molar-refractivity contribution < 1.29 is 4.79 Å². The first kappa shape index (κ1) is 11.9. The maximum Gasteiger partial charge on any atom is 0.252 e. The molecule has 92 valence electrons. The quantitative estimate of drug-likeness (QED) is 0.631. The number of rotatable bonds is 6. The van der Waals surface area contributed by atoms with Gasteiger partial charge in [-0.05, 0) is 31.4 Å². The monoisotopic (exact) mass is 234 g/mol. The molecule has 1 aromatic heterocycles. The summed E-state index contributed by atoms with van der Waals surface area (Å²) in [6, 6.07) is 2.48. The van der Waals surface area contributed by atoms with Gasteiger partial charge < -0.3 is 16.4 Å². The van der Waals surface area contributed by atoms with Crippen molar-refractivity contribution in [1.82, 2.24) is 10.3 Å². The molecule has 2 rings (SSSR count). The summed E-state index contributed by atoms with van der Waals surface area (Å²) in [5, 5.41) is 6.53. The molecule has 1 aliphatic carbocycles. The van der Waals surface area contributed by atoms with Crippen molar-refractivity contribution in [2.45, 2.75) is 25.8 Å². The number of primary amides is 1. The predicted molar refractivity (Wildman–Crippen MR) is 67.0 cm³/mol. The third-order valence-corrected chi connectivity index (χ3v) is 2.83. The molecule has 0 atom stereocenters. The van der Waals surface area contributed by atoms with Gasteiger partial charge in [-0.1, -0.05) is 0 Å². The third-order valence-electron chi connectivity index (χ3n) is 2.83. The smallest absolute Gasteiger partial charge is 0.252 e. The Bertz CT molecular complexity index is 415. The lowest BCUT2D eigenvalue weighted by Gasteiger charge is -2.11. The normalized spacial score (nSPS) is 14.6. The first-order valence-electron chi connectivity index (χ1n) is 5.91. The number of carbonyl (C=O) groups is 1. The Morgan fingerprint density at radius 2 is 2.29 bits per heavy atom. The fourth-order valence-corrected chi connectivity index (χ4v) is 1.75. The van der Waals surface area contributed by atoms with Gasteiger partial charge in [-0.25, -0.2) is 4.98 Å². The van der Waals surface area contributed by atoms with Gasteiger partial charge in [-0.15, -0.1) is 0 Å². The van der Waals surface area contributed by atoms with E-state index in [9.17, 15) is 4.79 Å². The van der Waals surface area contributed by atoms with Crippen molar-refractivity contribution >= 4 is 11.7 Å². The zero-order chi connectivity index (χ0) is 12.3. The minimum atomic E-state index is -0.437. The average molecular weight is 234 g/mol. The first-order valence-corrected chi connectivity index (χ1v) is 5.91. The number of aromatic nitrogens is 1. The van der Waals surface area contributed by atoms with E-state index in [-0.39, 0.29) is 0 Å². The largest absolute Gasteiger partial charge is 0.368 e. The van der Waals surface area contributed by atoms with Crippen LogP contribution in [0.2, 0.25) is 0 Å². The highest BCUT2D eigenvalue weighted by molar-refractivity contribution is 5.98. The lowest BCUT2D eigenvalue weighted by atomic mass is 10.1. The highest BCUT2D eigenvalue weighted by Gasteiger charge is 2.19. The summed E-state index contributed by atoms with van der Waals surface area (Å²) in [5.41, 5.74) is 6.68. The van der Waals surface area contributed by atoms with Crippen molar-refractivity contribution in [3.63, 3.8) is 0 Å². The van der Waals surface area contributed by atoms with Crippen LogP contribution in [0.5, 0.6) is 0 Å². The van der Waals surface area contributed by atoms with Gasteiger partial charge in [0.2, 0.25) is 0 Å². The van der Waals surface area contributed by atoms with Crippen molar-refractivity contribution in [2.24, 2.45) is 5.73 Å². The highest BCUT2D eigenvalue weighted by Crippen LogP contribution is 2.18. The number of hydrogen-bond donors (Lipinski definition) is 3. The molecule has 0 bridgehead atoms. The number of aryl methyl sites for hydroxylation is 1. The van der Waals surface area contributed by atoms with Gasteiger partial charge in [-0.3, -0.25) is 4.79 Å². The van der Waals surface area contributed by atoms with Crippen molar-refractivity contribution in [2.75, 3.05) is 18.4 Å². The fourth-order valence-electron chi connectivity index (χ4n) is 1.75. The second-order valence-electron chi connectivity index (χ2n) is 4.37. The molecule has 0 saturated heterocycles. The summed E-state index contributed by atoms with van der Waals surface area (Å²) >= 11 is 0. The highest BCUT2D eigenvalue weighted by atomic mass is 16.1. The molecule has 0 spiro atoms. The molecule has 1 saturated carbocycles. The maximum atomic E-state index is 11.3. The Balaban J connectivity index is 1.93. The van der Waals surface area contributed by atoms with Gasteiger partial charge in [0.15, 0.2) is 0 Å². The Hall–Kier alpha value is -1.62. The van der Waals surface area contributed by atoms with Crippen LogP contribution in [-0.2, 0) is 0 Å². The zero-order valence-electron chi connectivity index (χ0n) is 9.99. The van der Waals surface area contributed by atoms with Gasteiger partial charge >= 0.3 is 0 Å². The van der Waals surface area contributed by atoms with Crippen LogP contribution in [0.25, 0.3) is 0 Å². The van der Waals surface area contributed by atoms with Gasteiger partial charge in [-0.2, -0.15) is 0 Å². The molecule has 1 aromatic rings. The number of amides is 1. The lowest BCUT2D eigenvalue weighted by Crippen LogP contribution is -2.25. The fraction of sp³-hybridized carbons (Fsp3) is 0.500. The Labute approximate surface area is 101 Å². The first-order chi connectivity index (χ1) is 8.18. The van der Waals surface area contributed by atoms with E-state index in [4.69, 9.17) is 5.73 Å². The molecule has 0 unspecified atom stereocenters. The standard InChI is InChI=1S/C12H18N4O/c1-8-4-5-15-12(10(8)11(13)17)16-7-6-14-9-2-3-9/h4-5,9,14H,2-3,6-7H2,1H3,(H2,13,17)(H,15,16). The molecule has 0 aromatic carbocycles. The second kappa shape index (κ2) is 5.14. The van der Waals surface area contributed by atoms with Gasteiger partial charge in [0.25, 0.3) is 5.91 Å². The van der Waals surface area contributed by atoms with E-state index in [0.29, 0.717) is 17.4 Å². The minimum Gasteiger partial charge on any atom is -0.368 e. The lowest BCUT2D eigenvalue weighted by molar-refractivity contribution is 0.1000. The third kappa shape index (κ3) is 3.17. The Kier molecular flexibility index (Phi) is 3.58. The molecule has 4 N–H and O–H groups in total. The molecule has 5 heteroatoms. The van der Waals surface area contributed by atoms with Crippen LogP contribution in [0.15, 0.2) is 12.3 Å². The second-order valence-corrected chi connectivity index (χ2v) is 4.37. The van der Waals surface area contributed by atoms with Crippen LogP contribution >= 0.6 is 0 Å². The zero-order valence-corrected chi connectivity index (χ0v) is 9.99. The van der Waals surface area contributed by atoms with Gasteiger partial charge in [0.1, 0.15) is 5.82 Å². The van der Waals surface area contributed by atoms with Crippen LogP contribution in [-0.4, -0.2) is 30.0 Å². The Morgan fingerprint density at radius 3 is 2.94 bits per heavy atom. The summed E-state index contributed by atoms with van der Waals surface area (Å²) in [6.07, 6.45) is 4.23. The number of carbonyl (C=O) groups excluding carboxylic acids is 1. The summed E-state index contributed by atoms with van der Waals surface area (Å²) in [5.74, 6) is 0.142. The molecule has 5 nitrogen and oxygen atoms in total. The number of anilines is 1. The van der Waals surface area contributed by atoms with Crippen molar-refractivity contribution in [1.29, 1.82) is 0 Å². The van der Waals surface area contributed by atoms with Crippen LogP contribution in [0.1, 0.15) is 28.8 Å². The summed E-state index contributed by atoms with van der Waals surface area (Å²) in [4.78, 5) is 15.5. The number of nitrogens with one attached hydrogen (secondary N) is 2. The SMILES string of the molecule is Cc1ccnc(NCCNC2CC2)c1C(N)=O. The van der Waals surface area contributed by atoms with E-state index in [2.05, 4.69) is 15.6 Å². The number of pyridine rings is 1. The molecule has 0 aliphatic heterocycles. The average Bonchev–Trinajstić information content (AvgIpc) is 3.07. The van der Waals surface area contributed by atoms with Gasteiger partial charge in [0, 0.05) is 25.3 Å². The number of hydrogen-bond acceptors (Lipinski definition) is 4. The van der Waals surface area contributed by atoms with Crippen molar-refractivity contribution in [3.8, 4) is 0 Å². The topological polar surface area (TPSA) is 80.0 Å². The van der Waals surface area contributed by atoms with Crippen LogP contribution < -0.4 is 16.4 Å². The molecule has 1 heterocycles. The molecule has 17 heavy (non-hydrogen) atoms. The number of nitrogens with two attached hydrogens (primary N) is 1. The molecule has 1 aliphatic rings. The van der Waals surface area contributed by atoms with E-state index in [0.717, 1.165) is 18.7 Å². The van der Waals surface area contributed by atoms with Gasteiger partial charge in [0.05, 0.1) is 5.56 Å². The minimum absolute atomic E-state index is 0.437. The van der Waals surface area contributed by atoms with Crippen molar-refractivity contribution in [3.05, 3.63) is 23.4 Å². The maximum absolute atomic E-state index is 11.3. The molecular weight excluding hydrogens is 216 g/mol. The van der Waals surface area contributed by atoms with Crippen LogP contribution in [0.4, 0.5) is 5.82 Å². The van der Waals surface area contributed by atoms with Crippen LogP contribution in [0.3, 0.4) is 0 Å². The molecule has 0 radical (unpaired) electrons. The number of nitrogens with zero attached hydrogens (tertiary/aromatic N) is 1. The van der Waals surface area contributed by atoms with E-state index in [1.807, 2.05) is 6.92 Å². The predicted octanol–water partition coefficient (Wildman–Crippen LogP) is 0.653. The van der Waals surface area contributed by atoms with Crippen LogP contribution in [0, 0.1) is 6.92 Å². The summed E-state index contributed by atoms with van der Waals surface area (Å²) in [7, 11) is 0. The molecule has 1 amide bonds. The summed E-state index contributed by atoms with van der Waals surface area (Å²) in [6.45, 7) is 3.47.